The molecule has 0 amide bonds. The van der Waals surface area contributed by atoms with E-state index in [-0.39, 0.29) is 19.8 Å². The average molecular weight is 494 g/mol. The number of rotatable bonds is 12. The van der Waals surface area contributed by atoms with Gasteiger partial charge in [0.25, 0.3) is 6.04 Å². The molecule has 1 aliphatic heterocycles. The topological polar surface area (TPSA) is 89.3 Å². The third-order valence-electron chi connectivity index (χ3n) is 6.05. The Kier molecular flexibility index (Phi) is 9.54. The Morgan fingerprint density at radius 1 is 0.750 bits per heavy atom. The minimum Gasteiger partial charge on any atom is -0.374 e. The van der Waals surface area contributed by atoms with Crippen LogP contribution in [0.1, 0.15) is 16.7 Å². The number of nitro groups is 1. The first-order valence-corrected chi connectivity index (χ1v) is 11.9. The van der Waals surface area contributed by atoms with E-state index in [2.05, 4.69) is 0 Å². The van der Waals surface area contributed by atoms with Crippen LogP contribution < -0.4 is 0 Å². The van der Waals surface area contributed by atoms with Gasteiger partial charge in [0.05, 0.1) is 26.4 Å². The summed E-state index contributed by atoms with van der Waals surface area (Å²) in [6.07, 6.45) is -3.43. The van der Waals surface area contributed by atoms with Crippen LogP contribution in [0.2, 0.25) is 0 Å². The van der Waals surface area contributed by atoms with E-state index in [0.29, 0.717) is 6.61 Å². The number of hydrogen-bond acceptors (Lipinski definition) is 7. The van der Waals surface area contributed by atoms with E-state index in [1.807, 2.05) is 91.0 Å². The number of nitrogens with zero attached hydrogens (tertiary/aromatic N) is 1. The Morgan fingerprint density at radius 3 is 1.69 bits per heavy atom. The molecule has 36 heavy (non-hydrogen) atoms. The summed E-state index contributed by atoms with van der Waals surface area (Å²) in [6, 6.07) is 27.7. The van der Waals surface area contributed by atoms with Crippen molar-refractivity contribution >= 4 is 0 Å². The molecule has 0 bridgehead atoms. The molecular formula is C28H31NO7. The van der Waals surface area contributed by atoms with Crippen molar-refractivity contribution in [2.45, 2.75) is 50.5 Å². The molecule has 1 aliphatic rings. The lowest BCUT2D eigenvalue weighted by molar-refractivity contribution is -0.576. The summed E-state index contributed by atoms with van der Waals surface area (Å²) in [5.74, 6) is 0. The average Bonchev–Trinajstić information content (AvgIpc) is 2.92. The van der Waals surface area contributed by atoms with Crippen LogP contribution in [0, 0.1) is 10.1 Å². The molecule has 0 saturated carbocycles. The molecule has 0 radical (unpaired) electrons. The van der Waals surface area contributed by atoms with Crippen LogP contribution >= 0.6 is 0 Å². The molecule has 3 aromatic carbocycles. The van der Waals surface area contributed by atoms with Crippen molar-refractivity contribution in [1.29, 1.82) is 0 Å². The molecule has 5 atom stereocenters. The van der Waals surface area contributed by atoms with Crippen molar-refractivity contribution in [1.82, 2.24) is 0 Å². The zero-order valence-electron chi connectivity index (χ0n) is 20.2. The predicted molar refractivity (Wildman–Crippen MR) is 133 cm³/mol. The largest absolute Gasteiger partial charge is 0.374 e. The van der Waals surface area contributed by atoms with Crippen molar-refractivity contribution in [3.63, 3.8) is 0 Å². The van der Waals surface area contributed by atoms with E-state index in [9.17, 15) is 10.1 Å². The maximum atomic E-state index is 12.1. The van der Waals surface area contributed by atoms with E-state index in [1.54, 1.807) is 0 Å². The first-order chi connectivity index (χ1) is 17.7. The van der Waals surface area contributed by atoms with Crippen LogP contribution in [0.5, 0.6) is 0 Å². The molecule has 3 aromatic rings. The summed E-state index contributed by atoms with van der Waals surface area (Å²) < 4.78 is 29.8. The number of benzene rings is 3. The number of hydrogen-bond donors (Lipinski definition) is 0. The standard InChI is InChI=1S/C28H31NO7/c1-32-28-25(29(30)31)27(35-19-23-15-9-4-10-16-23)26(34-18-22-13-7-3-8-14-22)24(36-28)20-33-17-21-11-5-2-6-12-21/h2-16,24-28H,17-20H2,1H3/t24-,25-,26+,27-,28+/m1/s1. The van der Waals surface area contributed by atoms with Gasteiger partial charge in [-0.15, -0.1) is 0 Å². The third kappa shape index (κ3) is 6.96. The minimum atomic E-state index is -1.27. The second-order valence-electron chi connectivity index (χ2n) is 8.58. The highest BCUT2D eigenvalue weighted by Crippen LogP contribution is 2.30. The van der Waals surface area contributed by atoms with Crippen molar-refractivity contribution < 1.29 is 28.6 Å². The number of methoxy groups -OCH3 is 1. The maximum Gasteiger partial charge on any atom is 0.291 e. The lowest BCUT2D eigenvalue weighted by Crippen LogP contribution is -2.63. The van der Waals surface area contributed by atoms with Gasteiger partial charge in [-0.1, -0.05) is 91.0 Å². The highest BCUT2D eigenvalue weighted by molar-refractivity contribution is 5.15. The normalized spacial score (nSPS) is 23.9. The Morgan fingerprint density at radius 2 is 1.22 bits per heavy atom. The van der Waals surface area contributed by atoms with Crippen molar-refractivity contribution in [2.24, 2.45) is 0 Å². The summed E-state index contributed by atoms with van der Waals surface area (Å²) >= 11 is 0. The summed E-state index contributed by atoms with van der Waals surface area (Å²) in [6.45, 7) is 0.966. The highest BCUT2D eigenvalue weighted by Gasteiger charge is 2.54. The van der Waals surface area contributed by atoms with Crippen LogP contribution in [0.25, 0.3) is 0 Å². The molecule has 1 saturated heterocycles. The fourth-order valence-electron chi connectivity index (χ4n) is 4.24. The Balaban J connectivity index is 1.55. The van der Waals surface area contributed by atoms with E-state index in [4.69, 9.17) is 23.7 Å². The molecule has 0 aromatic heterocycles. The maximum absolute atomic E-state index is 12.1. The summed E-state index contributed by atoms with van der Waals surface area (Å²) in [5, 5.41) is 12.1. The van der Waals surface area contributed by atoms with Gasteiger partial charge in [0.1, 0.15) is 12.2 Å². The van der Waals surface area contributed by atoms with E-state index >= 15 is 0 Å². The van der Waals surface area contributed by atoms with Gasteiger partial charge in [-0.05, 0) is 16.7 Å². The first kappa shape index (κ1) is 25.9. The molecule has 0 unspecified atom stereocenters. The van der Waals surface area contributed by atoms with Crippen molar-refractivity contribution in [3.05, 3.63) is 118 Å². The monoisotopic (exact) mass is 493 g/mol. The van der Waals surface area contributed by atoms with Gasteiger partial charge in [-0.3, -0.25) is 10.1 Å². The van der Waals surface area contributed by atoms with Gasteiger partial charge in [-0.25, -0.2) is 0 Å². The van der Waals surface area contributed by atoms with Crippen LogP contribution in [0.4, 0.5) is 0 Å². The van der Waals surface area contributed by atoms with Gasteiger partial charge in [0.15, 0.2) is 6.10 Å². The third-order valence-corrected chi connectivity index (χ3v) is 6.05. The van der Waals surface area contributed by atoms with Crippen molar-refractivity contribution in [3.8, 4) is 0 Å². The minimum absolute atomic E-state index is 0.157. The second-order valence-corrected chi connectivity index (χ2v) is 8.58. The van der Waals surface area contributed by atoms with Gasteiger partial charge in [0.2, 0.25) is 6.29 Å². The van der Waals surface area contributed by atoms with E-state index in [0.717, 1.165) is 16.7 Å². The van der Waals surface area contributed by atoms with Crippen molar-refractivity contribution in [2.75, 3.05) is 13.7 Å². The molecule has 0 spiro atoms. The second kappa shape index (κ2) is 13.2. The van der Waals surface area contributed by atoms with E-state index in [1.165, 1.54) is 7.11 Å². The molecule has 8 nitrogen and oxygen atoms in total. The summed E-state index contributed by atoms with van der Waals surface area (Å²) in [5.41, 5.74) is 2.85. The Labute approximate surface area is 210 Å². The molecule has 0 aliphatic carbocycles. The molecule has 0 N–H and O–H groups in total. The molecule has 4 rings (SSSR count). The first-order valence-electron chi connectivity index (χ1n) is 11.9. The summed E-state index contributed by atoms with van der Waals surface area (Å²) in [4.78, 5) is 11.7. The van der Waals surface area contributed by atoms with Crippen LogP contribution in [0.3, 0.4) is 0 Å². The number of ether oxygens (including phenoxy) is 5. The quantitative estimate of drug-likeness (QED) is 0.273. The molecule has 1 heterocycles. The Bertz CT molecular complexity index is 1050. The molecule has 1 fully saturated rings. The van der Waals surface area contributed by atoms with E-state index < -0.39 is 35.6 Å². The Hall–Kier alpha value is -3.14. The van der Waals surface area contributed by atoms with Crippen LogP contribution in [-0.4, -0.2) is 49.3 Å². The molecular weight excluding hydrogens is 462 g/mol. The van der Waals surface area contributed by atoms with Gasteiger partial charge < -0.3 is 23.7 Å². The van der Waals surface area contributed by atoms with Gasteiger partial charge in [-0.2, -0.15) is 0 Å². The van der Waals surface area contributed by atoms with Crippen LogP contribution in [0.15, 0.2) is 91.0 Å². The predicted octanol–water partition coefficient (Wildman–Crippen LogP) is 4.39. The fourth-order valence-corrected chi connectivity index (χ4v) is 4.24. The molecule has 190 valence electrons. The SMILES string of the molecule is CO[C@H]1O[C@H](COCc2ccccc2)[C@H](OCc2ccccc2)[C@H](OCc2ccccc2)[C@H]1[N+](=O)[O-]. The van der Waals surface area contributed by atoms with Crippen LogP contribution in [-0.2, 0) is 43.5 Å². The lowest BCUT2D eigenvalue weighted by atomic mass is 9.96. The van der Waals surface area contributed by atoms with Gasteiger partial charge in [0, 0.05) is 12.0 Å². The lowest BCUT2D eigenvalue weighted by Gasteiger charge is -2.41. The fraction of sp³-hybridized carbons (Fsp3) is 0.357. The smallest absolute Gasteiger partial charge is 0.291 e. The molecule has 8 heteroatoms. The summed E-state index contributed by atoms with van der Waals surface area (Å²) in [7, 11) is 1.39. The van der Waals surface area contributed by atoms with Gasteiger partial charge >= 0.3 is 0 Å². The highest BCUT2D eigenvalue weighted by atomic mass is 16.7. The zero-order valence-corrected chi connectivity index (χ0v) is 20.2. The zero-order chi connectivity index (χ0) is 25.2.